The molecule has 0 aliphatic heterocycles. The number of hydrogen-bond acceptors (Lipinski definition) is 2. The molecule has 0 unspecified atom stereocenters. The Bertz CT molecular complexity index is 495. The summed E-state index contributed by atoms with van der Waals surface area (Å²) >= 11 is 0. The maximum Gasteiger partial charge on any atom is 0.191 e. The lowest BCUT2D eigenvalue weighted by Gasteiger charge is -2.12. The van der Waals surface area contributed by atoms with Crippen molar-refractivity contribution >= 4 is 5.96 Å². The van der Waals surface area contributed by atoms with Crippen molar-refractivity contribution in [2.45, 2.75) is 40.2 Å². The lowest BCUT2D eigenvalue weighted by molar-refractivity contribution is 0.129. The van der Waals surface area contributed by atoms with Gasteiger partial charge in [-0.2, -0.15) is 0 Å². The third-order valence-electron chi connectivity index (χ3n) is 3.84. The fourth-order valence-electron chi connectivity index (χ4n) is 2.31. The molecular weight excluding hydrogens is 274 g/mol. The van der Waals surface area contributed by atoms with Gasteiger partial charge in [0.1, 0.15) is 0 Å². The summed E-state index contributed by atoms with van der Waals surface area (Å²) in [6.45, 7) is 10.4. The molecule has 4 nitrogen and oxygen atoms in total. The van der Waals surface area contributed by atoms with Gasteiger partial charge in [0.25, 0.3) is 0 Å². The Hall–Kier alpha value is -1.55. The lowest BCUT2D eigenvalue weighted by atomic mass is 10.1. The molecule has 2 rings (SSSR count). The van der Waals surface area contributed by atoms with E-state index >= 15 is 0 Å². The first-order valence-corrected chi connectivity index (χ1v) is 8.35. The van der Waals surface area contributed by atoms with E-state index in [1.54, 1.807) is 0 Å². The molecule has 0 heterocycles. The van der Waals surface area contributed by atoms with E-state index in [-0.39, 0.29) is 0 Å². The largest absolute Gasteiger partial charge is 0.379 e. The molecule has 1 aliphatic rings. The van der Waals surface area contributed by atoms with Gasteiger partial charge in [0.2, 0.25) is 0 Å². The Labute approximate surface area is 134 Å². The van der Waals surface area contributed by atoms with Crippen molar-refractivity contribution in [3.05, 3.63) is 34.9 Å². The molecule has 0 atom stereocenters. The third-order valence-corrected chi connectivity index (χ3v) is 3.84. The molecule has 1 aromatic carbocycles. The zero-order valence-electron chi connectivity index (χ0n) is 14.1. The van der Waals surface area contributed by atoms with Gasteiger partial charge in [0, 0.05) is 19.7 Å². The van der Waals surface area contributed by atoms with Crippen LogP contribution in [-0.2, 0) is 11.3 Å². The second kappa shape index (κ2) is 8.79. The van der Waals surface area contributed by atoms with Crippen molar-refractivity contribution in [2.75, 3.05) is 26.3 Å². The van der Waals surface area contributed by atoms with Crippen LogP contribution in [0.1, 0.15) is 36.5 Å². The predicted octanol–water partition coefficient (Wildman–Crippen LogP) is 2.79. The van der Waals surface area contributed by atoms with E-state index in [1.165, 1.54) is 29.5 Å². The first-order valence-electron chi connectivity index (χ1n) is 8.35. The fourth-order valence-corrected chi connectivity index (χ4v) is 2.31. The van der Waals surface area contributed by atoms with E-state index < -0.39 is 0 Å². The molecule has 0 saturated heterocycles. The summed E-state index contributed by atoms with van der Waals surface area (Å²) in [7, 11) is 0. The molecule has 22 heavy (non-hydrogen) atoms. The summed E-state index contributed by atoms with van der Waals surface area (Å²) in [4.78, 5) is 4.66. The van der Waals surface area contributed by atoms with Crippen LogP contribution in [0, 0.1) is 19.8 Å². The van der Waals surface area contributed by atoms with Crippen LogP contribution in [0.2, 0.25) is 0 Å². The molecule has 0 amide bonds. The summed E-state index contributed by atoms with van der Waals surface area (Å²) in [6, 6.07) is 6.51. The summed E-state index contributed by atoms with van der Waals surface area (Å²) in [5, 5.41) is 6.61. The highest BCUT2D eigenvalue weighted by Crippen LogP contribution is 2.28. The molecule has 0 aromatic heterocycles. The molecule has 1 aliphatic carbocycles. The normalized spacial score (nSPS) is 15.0. The fraction of sp³-hybridized carbons (Fsp3) is 0.611. The SMILES string of the molecule is CCNC(=NCc1ccc(C)cc1C)NCCOCC1CC1. The number of nitrogens with zero attached hydrogens (tertiary/aromatic N) is 1. The topological polar surface area (TPSA) is 45.7 Å². The van der Waals surface area contributed by atoms with Gasteiger partial charge in [-0.05, 0) is 50.7 Å². The molecule has 4 heteroatoms. The lowest BCUT2D eigenvalue weighted by Crippen LogP contribution is -2.39. The van der Waals surface area contributed by atoms with Crippen LogP contribution >= 0.6 is 0 Å². The van der Waals surface area contributed by atoms with Gasteiger partial charge in [0.05, 0.1) is 13.2 Å². The standard InChI is InChI=1S/C18H29N3O/c1-4-19-18(20-9-10-22-13-16-6-7-16)21-12-17-8-5-14(2)11-15(17)3/h5,8,11,16H,4,6-7,9-10,12-13H2,1-3H3,(H2,19,20,21). The van der Waals surface area contributed by atoms with E-state index in [0.717, 1.165) is 38.2 Å². The van der Waals surface area contributed by atoms with Crippen LogP contribution in [0.5, 0.6) is 0 Å². The maximum absolute atomic E-state index is 5.64. The molecule has 0 spiro atoms. The van der Waals surface area contributed by atoms with Crippen LogP contribution in [0.3, 0.4) is 0 Å². The molecule has 122 valence electrons. The van der Waals surface area contributed by atoms with Crippen molar-refractivity contribution in [1.82, 2.24) is 10.6 Å². The van der Waals surface area contributed by atoms with Crippen LogP contribution in [0.15, 0.2) is 23.2 Å². The molecular formula is C18H29N3O. The smallest absolute Gasteiger partial charge is 0.191 e. The van der Waals surface area contributed by atoms with E-state index in [4.69, 9.17) is 4.74 Å². The van der Waals surface area contributed by atoms with Crippen LogP contribution < -0.4 is 10.6 Å². The Morgan fingerprint density at radius 2 is 2.09 bits per heavy atom. The minimum Gasteiger partial charge on any atom is -0.379 e. The summed E-state index contributed by atoms with van der Waals surface area (Å²) < 4.78 is 5.64. The van der Waals surface area contributed by atoms with Crippen LogP contribution in [0.25, 0.3) is 0 Å². The van der Waals surface area contributed by atoms with Gasteiger partial charge in [-0.15, -0.1) is 0 Å². The number of aryl methyl sites for hydroxylation is 2. The highest BCUT2D eigenvalue weighted by molar-refractivity contribution is 5.79. The van der Waals surface area contributed by atoms with E-state index in [0.29, 0.717) is 6.54 Å². The van der Waals surface area contributed by atoms with Gasteiger partial charge in [-0.25, -0.2) is 4.99 Å². The van der Waals surface area contributed by atoms with Crippen LogP contribution in [0.4, 0.5) is 0 Å². The molecule has 0 radical (unpaired) electrons. The summed E-state index contributed by atoms with van der Waals surface area (Å²) in [5.41, 5.74) is 3.86. The number of hydrogen-bond donors (Lipinski definition) is 2. The first-order chi connectivity index (χ1) is 10.7. The molecule has 2 N–H and O–H groups in total. The maximum atomic E-state index is 5.64. The number of rotatable bonds is 8. The average Bonchev–Trinajstić information content (AvgIpc) is 3.30. The van der Waals surface area contributed by atoms with Crippen molar-refractivity contribution in [2.24, 2.45) is 10.9 Å². The number of ether oxygens (including phenoxy) is 1. The first kappa shape index (κ1) is 16.8. The number of aliphatic imine (C=N–C) groups is 1. The van der Waals surface area contributed by atoms with Crippen LogP contribution in [-0.4, -0.2) is 32.3 Å². The third kappa shape index (κ3) is 6.06. The van der Waals surface area contributed by atoms with Gasteiger partial charge in [0.15, 0.2) is 5.96 Å². The van der Waals surface area contributed by atoms with Gasteiger partial charge < -0.3 is 15.4 Å². The Morgan fingerprint density at radius 3 is 2.77 bits per heavy atom. The summed E-state index contributed by atoms with van der Waals surface area (Å²) in [5.74, 6) is 1.68. The second-order valence-electron chi connectivity index (χ2n) is 6.07. The quantitative estimate of drug-likeness (QED) is 0.441. The molecule has 1 fully saturated rings. The minimum absolute atomic E-state index is 0.699. The van der Waals surface area contributed by atoms with Gasteiger partial charge in [-0.3, -0.25) is 0 Å². The van der Waals surface area contributed by atoms with Gasteiger partial charge in [-0.1, -0.05) is 23.8 Å². The van der Waals surface area contributed by atoms with E-state index in [9.17, 15) is 0 Å². The second-order valence-corrected chi connectivity index (χ2v) is 6.07. The van der Waals surface area contributed by atoms with Crippen molar-refractivity contribution in [1.29, 1.82) is 0 Å². The predicted molar refractivity (Wildman–Crippen MR) is 92.3 cm³/mol. The Morgan fingerprint density at radius 1 is 1.27 bits per heavy atom. The molecule has 0 bridgehead atoms. The summed E-state index contributed by atoms with van der Waals surface area (Å²) in [6.07, 6.45) is 2.68. The monoisotopic (exact) mass is 303 g/mol. The molecule has 1 saturated carbocycles. The van der Waals surface area contributed by atoms with Crippen molar-refractivity contribution in [3.8, 4) is 0 Å². The van der Waals surface area contributed by atoms with Crippen molar-refractivity contribution < 1.29 is 4.74 Å². The minimum atomic E-state index is 0.699. The molecule has 1 aromatic rings. The van der Waals surface area contributed by atoms with Gasteiger partial charge >= 0.3 is 0 Å². The van der Waals surface area contributed by atoms with E-state index in [1.807, 2.05) is 0 Å². The zero-order chi connectivity index (χ0) is 15.8. The highest BCUT2D eigenvalue weighted by atomic mass is 16.5. The zero-order valence-corrected chi connectivity index (χ0v) is 14.1. The van der Waals surface area contributed by atoms with Crippen molar-refractivity contribution in [3.63, 3.8) is 0 Å². The number of guanidine groups is 1. The van der Waals surface area contributed by atoms with E-state index in [2.05, 4.69) is 54.6 Å². The average molecular weight is 303 g/mol. The number of benzene rings is 1. The number of nitrogens with one attached hydrogen (secondary N) is 2. The highest BCUT2D eigenvalue weighted by Gasteiger charge is 2.20. The Kier molecular flexibility index (Phi) is 6.72. The Balaban J connectivity index is 1.77.